The second kappa shape index (κ2) is 4.51. The van der Waals surface area contributed by atoms with Crippen LogP contribution in [0.4, 0.5) is 0 Å². The summed E-state index contributed by atoms with van der Waals surface area (Å²) in [5.74, 6) is -0.354. The topological polar surface area (TPSA) is 53.1 Å². The highest BCUT2D eigenvalue weighted by molar-refractivity contribution is 6.30. The van der Waals surface area contributed by atoms with Crippen molar-refractivity contribution >= 4 is 17.4 Å². The number of hydrogen-bond acceptors (Lipinski definition) is 2. The van der Waals surface area contributed by atoms with Gasteiger partial charge >= 0.3 is 0 Å². The molecule has 0 saturated heterocycles. The van der Waals surface area contributed by atoms with E-state index in [9.17, 15) is 9.90 Å². The molecule has 1 aromatic carbocycles. The molecule has 2 aromatic rings. The highest BCUT2D eigenvalue weighted by atomic mass is 35.5. The predicted octanol–water partition coefficient (Wildman–Crippen LogP) is 2.58. The molecule has 0 fully saturated rings. The Balaban J connectivity index is 2.22. The largest absolute Gasteiger partial charge is 0.380 e. The van der Waals surface area contributed by atoms with Crippen LogP contribution in [0.2, 0.25) is 5.02 Å². The summed E-state index contributed by atoms with van der Waals surface area (Å²) in [5, 5.41) is 10.4. The molecule has 3 nitrogen and oxygen atoms in total. The Bertz CT molecular complexity index is 476. The normalized spacial score (nSPS) is 12.4. The molecule has 0 bridgehead atoms. The van der Waals surface area contributed by atoms with Gasteiger partial charge in [0, 0.05) is 11.2 Å². The number of hydrogen-bond donors (Lipinski definition) is 2. The van der Waals surface area contributed by atoms with E-state index < -0.39 is 6.10 Å². The van der Waals surface area contributed by atoms with Crippen LogP contribution in [0.5, 0.6) is 0 Å². The molecule has 0 aliphatic carbocycles. The third-order valence-electron chi connectivity index (χ3n) is 2.30. The van der Waals surface area contributed by atoms with E-state index in [1.54, 1.807) is 42.6 Å². The van der Waals surface area contributed by atoms with E-state index in [4.69, 9.17) is 11.6 Å². The number of benzene rings is 1. The molecule has 82 valence electrons. The minimum atomic E-state index is -1.16. The van der Waals surface area contributed by atoms with Crippen molar-refractivity contribution in [3.8, 4) is 0 Å². The number of aliphatic hydroxyl groups is 1. The van der Waals surface area contributed by atoms with Crippen molar-refractivity contribution in [1.82, 2.24) is 4.98 Å². The van der Waals surface area contributed by atoms with E-state index >= 15 is 0 Å². The average Bonchev–Trinajstić information content (AvgIpc) is 2.81. The molecule has 0 saturated carbocycles. The van der Waals surface area contributed by atoms with E-state index in [-0.39, 0.29) is 5.78 Å². The highest BCUT2D eigenvalue weighted by Gasteiger charge is 2.19. The molecule has 16 heavy (non-hydrogen) atoms. The van der Waals surface area contributed by atoms with E-state index in [1.165, 1.54) is 0 Å². The van der Waals surface area contributed by atoms with Gasteiger partial charge in [0.15, 0.2) is 0 Å². The molecule has 0 aliphatic heterocycles. The standard InChI is InChI=1S/C12H10ClNO2/c13-9-5-3-8(4-6-9)11(15)12(16)10-2-1-7-14-10/h1-7,11,14-15H. The van der Waals surface area contributed by atoms with Gasteiger partial charge in [-0.3, -0.25) is 4.79 Å². The minimum Gasteiger partial charge on any atom is -0.380 e. The molecule has 1 atom stereocenters. The fraction of sp³-hybridized carbons (Fsp3) is 0.0833. The van der Waals surface area contributed by atoms with Crippen LogP contribution >= 0.6 is 11.6 Å². The van der Waals surface area contributed by atoms with Gasteiger partial charge < -0.3 is 10.1 Å². The number of rotatable bonds is 3. The lowest BCUT2D eigenvalue weighted by Gasteiger charge is -2.08. The van der Waals surface area contributed by atoms with Crippen molar-refractivity contribution in [3.05, 3.63) is 58.9 Å². The molecule has 0 spiro atoms. The second-order valence-electron chi connectivity index (χ2n) is 3.40. The van der Waals surface area contributed by atoms with Crippen LogP contribution in [0, 0.1) is 0 Å². The highest BCUT2D eigenvalue weighted by Crippen LogP contribution is 2.19. The SMILES string of the molecule is O=C(c1ccc[nH]1)C(O)c1ccc(Cl)cc1. The number of aliphatic hydroxyl groups excluding tert-OH is 1. The van der Waals surface area contributed by atoms with Crippen LogP contribution in [0.15, 0.2) is 42.6 Å². The number of aromatic amines is 1. The van der Waals surface area contributed by atoms with Gasteiger partial charge in [-0.2, -0.15) is 0 Å². The lowest BCUT2D eigenvalue weighted by Crippen LogP contribution is -2.12. The molecule has 4 heteroatoms. The Morgan fingerprint density at radius 1 is 1.25 bits per heavy atom. The summed E-state index contributed by atoms with van der Waals surface area (Å²) in [6.45, 7) is 0. The first kappa shape index (κ1) is 10.9. The van der Waals surface area contributed by atoms with Crippen molar-refractivity contribution in [2.24, 2.45) is 0 Å². The van der Waals surface area contributed by atoms with Gasteiger partial charge in [-0.15, -0.1) is 0 Å². The van der Waals surface area contributed by atoms with Crippen molar-refractivity contribution in [1.29, 1.82) is 0 Å². The van der Waals surface area contributed by atoms with Crippen molar-refractivity contribution in [2.75, 3.05) is 0 Å². The van der Waals surface area contributed by atoms with Gasteiger partial charge in [-0.05, 0) is 29.8 Å². The Hall–Kier alpha value is -1.58. The third kappa shape index (κ3) is 2.15. The fourth-order valence-corrected chi connectivity index (χ4v) is 1.55. The summed E-state index contributed by atoms with van der Waals surface area (Å²) < 4.78 is 0. The van der Waals surface area contributed by atoms with E-state index in [2.05, 4.69) is 4.98 Å². The zero-order valence-electron chi connectivity index (χ0n) is 8.35. The van der Waals surface area contributed by atoms with Crippen LogP contribution in [0.3, 0.4) is 0 Å². The van der Waals surface area contributed by atoms with Gasteiger partial charge in [0.25, 0.3) is 0 Å². The molecule has 1 aromatic heterocycles. The minimum absolute atomic E-state index is 0.354. The maximum atomic E-state index is 11.8. The second-order valence-corrected chi connectivity index (χ2v) is 3.84. The maximum Gasteiger partial charge on any atom is 0.211 e. The number of carbonyl (C=O) groups is 1. The summed E-state index contributed by atoms with van der Waals surface area (Å²) in [7, 11) is 0. The first-order chi connectivity index (χ1) is 7.68. The molecule has 2 N–H and O–H groups in total. The molecule has 1 heterocycles. The molecule has 0 amide bonds. The van der Waals surface area contributed by atoms with Crippen molar-refractivity contribution < 1.29 is 9.90 Å². The Labute approximate surface area is 97.7 Å². The van der Waals surface area contributed by atoms with Crippen LogP contribution in [0.1, 0.15) is 22.2 Å². The number of halogens is 1. The zero-order valence-corrected chi connectivity index (χ0v) is 9.11. The molecular weight excluding hydrogens is 226 g/mol. The fourth-order valence-electron chi connectivity index (χ4n) is 1.43. The Morgan fingerprint density at radius 3 is 2.50 bits per heavy atom. The number of nitrogens with one attached hydrogen (secondary N) is 1. The van der Waals surface area contributed by atoms with E-state index in [0.717, 1.165) is 0 Å². The van der Waals surface area contributed by atoms with E-state index in [1.807, 2.05) is 0 Å². The third-order valence-corrected chi connectivity index (χ3v) is 2.55. The first-order valence-corrected chi connectivity index (χ1v) is 5.17. The van der Waals surface area contributed by atoms with Gasteiger partial charge in [0.1, 0.15) is 6.10 Å². The van der Waals surface area contributed by atoms with Gasteiger partial charge in [-0.1, -0.05) is 23.7 Å². The summed E-state index contributed by atoms with van der Waals surface area (Å²) >= 11 is 5.72. The number of carbonyl (C=O) groups excluding carboxylic acids is 1. The molecule has 1 unspecified atom stereocenters. The van der Waals surface area contributed by atoms with Crippen LogP contribution in [-0.2, 0) is 0 Å². The number of ketones is 1. The molecular formula is C12H10ClNO2. The number of aromatic nitrogens is 1. The number of H-pyrrole nitrogens is 1. The molecule has 2 rings (SSSR count). The Morgan fingerprint density at radius 2 is 1.94 bits per heavy atom. The zero-order chi connectivity index (χ0) is 11.5. The quantitative estimate of drug-likeness (QED) is 0.804. The summed E-state index contributed by atoms with van der Waals surface area (Å²) in [6.07, 6.45) is 0.484. The smallest absolute Gasteiger partial charge is 0.211 e. The van der Waals surface area contributed by atoms with Crippen molar-refractivity contribution in [3.63, 3.8) is 0 Å². The lowest BCUT2D eigenvalue weighted by molar-refractivity contribution is 0.0742. The first-order valence-electron chi connectivity index (χ1n) is 4.79. The monoisotopic (exact) mass is 235 g/mol. The summed E-state index contributed by atoms with van der Waals surface area (Å²) in [5.41, 5.74) is 0.923. The van der Waals surface area contributed by atoms with Crippen LogP contribution < -0.4 is 0 Å². The van der Waals surface area contributed by atoms with Gasteiger partial charge in [-0.25, -0.2) is 0 Å². The summed E-state index contributed by atoms with van der Waals surface area (Å²) in [4.78, 5) is 14.5. The van der Waals surface area contributed by atoms with E-state index in [0.29, 0.717) is 16.3 Å². The van der Waals surface area contributed by atoms with Crippen LogP contribution in [-0.4, -0.2) is 15.9 Å². The van der Waals surface area contributed by atoms with Gasteiger partial charge in [0.2, 0.25) is 5.78 Å². The Kier molecular flexibility index (Phi) is 3.08. The lowest BCUT2D eigenvalue weighted by atomic mass is 10.0. The summed E-state index contributed by atoms with van der Waals surface area (Å²) in [6, 6.07) is 9.88. The maximum absolute atomic E-state index is 11.8. The van der Waals surface area contributed by atoms with Gasteiger partial charge in [0.05, 0.1) is 5.69 Å². The molecule has 0 radical (unpaired) electrons. The van der Waals surface area contributed by atoms with Crippen molar-refractivity contribution in [2.45, 2.75) is 6.10 Å². The van der Waals surface area contributed by atoms with Crippen LogP contribution in [0.25, 0.3) is 0 Å². The molecule has 0 aliphatic rings. The predicted molar refractivity (Wildman–Crippen MR) is 61.5 cm³/mol. The average molecular weight is 236 g/mol. The number of Topliss-reactive ketones (excluding diaryl/α,β-unsaturated/α-hetero) is 1.